The van der Waals surface area contributed by atoms with Crippen LogP contribution in [0.25, 0.3) is 10.2 Å². The lowest BCUT2D eigenvalue weighted by molar-refractivity contribution is -0.385. The van der Waals surface area contributed by atoms with E-state index in [0.29, 0.717) is 21.7 Å². The van der Waals surface area contributed by atoms with Crippen molar-refractivity contribution < 1.29 is 14.8 Å². The van der Waals surface area contributed by atoms with Crippen LogP contribution >= 0.6 is 11.3 Å². The smallest absolute Gasteiger partial charge is 0.311 e. The van der Waals surface area contributed by atoms with Gasteiger partial charge in [-0.05, 0) is 49.8 Å². The zero-order valence-corrected chi connectivity index (χ0v) is 18.3. The molecule has 11 heteroatoms. The lowest BCUT2D eigenvalue weighted by Gasteiger charge is -2.18. The average Bonchev–Trinajstić information content (AvgIpc) is 3.12. The van der Waals surface area contributed by atoms with E-state index in [1.54, 1.807) is 18.3 Å². The summed E-state index contributed by atoms with van der Waals surface area (Å²) in [4.78, 5) is 42.2. The molecule has 3 aromatic rings. The van der Waals surface area contributed by atoms with Gasteiger partial charge in [-0.1, -0.05) is 6.92 Å². The second kappa shape index (κ2) is 8.50. The summed E-state index contributed by atoms with van der Waals surface area (Å²) in [5.41, 5.74) is 3.00. The molecule has 166 valence electrons. The highest BCUT2D eigenvalue weighted by atomic mass is 32.1. The number of rotatable bonds is 5. The number of aromatic nitrogens is 2. The molecule has 1 aliphatic carbocycles. The molecule has 10 nitrogen and oxygen atoms in total. The van der Waals surface area contributed by atoms with Gasteiger partial charge in [0.2, 0.25) is 0 Å². The van der Waals surface area contributed by atoms with Crippen LogP contribution in [0.3, 0.4) is 0 Å². The molecular formula is C21H21N5O5S. The molecule has 0 fully saturated rings. The fourth-order valence-electron chi connectivity index (χ4n) is 3.78. The van der Waals surface area contributed by atoms with Gasteiger partial charge in [0.05, 0.1) is 22.9 Å². The first-order chi connectivity index (χ1) is 15.3. The number of phenolic OH excluding ortho intramolecular Hbond substituents is 1. The molecule has 32 heavy (non-hydrogen) atoms. The number of fused-ring (bicyclic) bond motifs is 3. The molecule has 0 saturated heterocycles. The third-order valence-corrected chi connectivity index (χ3v) is 6.78. The monoisotopic (exact) mass is 455 g/mol. The van der Waals surface area contributed by atoms with Gasteiger partial charge in [0.1, 0.15) is 10.9 Å². The highest BCUT2D eigenvalue weighted by Gasteiger charge is 2.25. The number of nitrogens with zero attached hydrogens (tertiary/aromatic N) is 4. The number of nitro groups is 1. The van der Waals surface area contributed by atoms with Crippen molar-refractivity contribution in [3.8, 4) is 5.75 Å². The van der Waals surface area contributed by atoms with Gasteiger partial charge in [-0.15, -0.1) is 11.3 Å². The van der Waals surface area contributed by atoms with Crippen LogP contribution in [0, 0.1) is 16.0 Å². The van der Waals surface area contributed by atoms with Gasteiger partial charge in [0.25, 0.3) is 11.5 Å². The first-order valence-corrected chi connectivity index (χ1v) is 10.9. The molecule has 0 unspecified atom stereocenters. The van der Waals surface area contributed by atoms with E-state index in [2.05, 4.69) is 22.4 Å². The Morgan fingerprint density at radius 1 is 1.50 bits per heavy atom. The van der Waals surface area contributed by atoms with Gasteiger partial charge in [-0.25, -0.2) is 10.4 Å². The van der Waals surface area contributed by atoms with E-state index in [0.717, 1.165) is 30.9 Å². The van der Waals surface area contributed by atoms with Crippen molar-refractivity contribution in [2.24, 2.45) is 11.0 Å². The summed E-state index contributed by atoms with van der Waals surface area (Å²) in [6, 6.07) is 2.87. The minimum Gasteiger partial charge on any atom is -0.502 e. The summed E-state index contributed by atoms with van der Waals surface area (Å²) in [6.07, 6.45) is 5.40. The summed E-state index contributed by atoms with van der Waals surface area (Å²) in [7, 11) is 0. The number of aryl methyl sites for hydroxylation is 1. The quantitative estimate of drug-likeness (QED) is 0.344. The maximum absolute atomic E-state index is 13.1. The molecule has 0 aliphatic heterocycles. The lowest BCUT2D eigenvalue weighted by Crippen LogP contribution is -2.34. The minimum atomic E-state index is -0.858. The number of benzene rings is 1. The van der Waals surface area contributed by atoms with E-state index < -0.39 is 28.3 Å². The Kier molecular flexibility index (Phi) is 5.74. The molecule has 0 bridgehead atoms. The fourth-order valence-corrected chi connectivity index (χ4v) is 5.12. The van der Waals surface area contributed by atoms with Crippen molar-refractivity contribution in [1.82, 2.24) is 15.0 Å². The van der Waals surface area contributed by atoms with Gasteiger partial charge in [-0.3, -0.25) is 24.3 Å². The summed E-state index contributed by atoms with van der Waals surface area (Å²) < 4.78 is 1.30. The molecule has 1 aromatic carbocycles. The highest BCUT2D eigenvalue weighted by molar-refractivity contribution is 7.18. The van der Waals surface area contributed by atoms with Crippen LogP contribution in [0.1, 0.15) is 42.3 Å². The van der Waals surface area contributed by atoms with Crippen LogP contribution in [-0.2, 0) is 17.6 Å². The summed E-state index contributed by atoms with van der Waals surface area (Å²) in [6.45, 7) is 3.77. The minimum absolute atomic E-state index is 0.247. The Hall–Kier alpha value is -3.60. The van der Waals surface area contributed by atoms with Crippen molar-refractivity contribution in [2.45, 2.75) is 39.2 Å². The van der Waals surface area contributed by atoms with Gasteiger partial charge >= 0.3 is 5.69 Å². The van der Waals surface area contributed by atoms with Crippen LogP contribution in [0.15, 0.2) is 34.4 Å². The number of nitrogens with one attached hydrogen (secondary N) is 1. The maximum atomic E-state index is 13.1. The maximum Gasteiger partial charge on any atom is 0.311 e. The van der Waals surface area contributed by atoms with Crippen molar-refractivity contribution in [2.75, 3.05) is 0 Å². The molecule has 4 rings (SSSR count). The molecule has 2 heterocycles. The SMILES string of the molecule is C[C@@H]1CCc2c(sc3ncn([C@@H](C)C(=O)N/N=C/c4ccc(O)c([N+](=O)[O-])c4)c(=O)c23)C1. The molecule has 0 radical (unpaired) electrons. The van der Waals surface area contributed by atoms with E-state index in [-0.39, 0.29) is 5.56 Å². The number of carbonyl (C=O) groups is 1. The molecule has 0 spiro atoms. The predicted octanol–water partition coefficient (Wildman–Crippen LogP) is 2.91. The third-order valence-electron chi connectivity index (χ3n) is 5.62. The molecule has 0 saturated carbocycles. The zero-order chi connectivity index (χ0) is 23.0. The van der Waals surface area contributed by atoms with E-state index >= 15 is 0 Å². The van der Waals surface area contributed by atoms with Gasteiger partial charge < -0.3 is 5.11 Å². The number of nitro benzene ring substituents is 1. The number of phenols is 1. The summed E-state index contributed by atoms with van der Waals surface area (Å²) >= 11 is 1.55. The Morgan fingerprint density at radius 3 is 3.03 bits per heavy atom. The number of aromatic hydroxyl groups is 1. The molecule has 2 aromatic heterocycles. The Balaban J connectivity index is 1.54. The Labute approximate surface area is 186 Å². The van der Waals surface area contributed by atoms with Crippen LogP contribution in [0.2, 0.25) is 0 Å². The Bertz CT molecular complexity index is 1310. The molecular weight excluding hydrogens is 434 g/mol. The van der Waals surface area contributed by atoms with E-state index in [9.17, 15) is 24.8 Å². The number of hydrogen-bond acceptors (Lipinski definition) is 8. The van der Waals surface area contributed by atoms with Crippen molar-refractivity contribution in [3.63, 3.8) is 0 Å². The van der Waals surface area contributed by atoms with E-state index in [1.165, 1.54) is 34.1 Å². The van der Waals surface area contributed by atoms with Crippen molar-refractivity contribution in [1.29, 1.82) is 0 Å². The largest absolute Gasteiger partial charge is 0.502 e. The van der Waals surface area contributed by atoms with Crippen LogP contribution in [-0.4, -0.2) is 31.7 Å². The summed E-state index contributed by atoms with van der Waals surface area (Å²) in [5, 5.41) is 24.8. The van der Waals surface area contributed by atoms with Crippen LogP contribution in [0.4, 0.5) is 5.69 Å². The van der Waals surface area contributed by atoms with E-state index in [4.69, 9.17) is 0 Å². The number of hydrazone groups is 1. The first-order valence-electron chi connectivity index (χ1n) is 10.1. The fraction of sp³-hybridized carbons (Fsp3) is 0.333. The second-order valence-electron chi connectivity index (χ2n) is 7.90. The van der Waals surface area contributed by atoms with Gasteiger partial charge in [-0.2, -0.15) is 5.10 Å². The molecule has 1 aliphatic rings. The number of amides is 1. The first kappa shape index (κ1) is 21.6. The molecule has 1 amide bonds. The number of carbonyl (C=O) groups excluding carboxylic acids is 1. The average molecular weight is 455 g/mol. The predicted molar refractivity (Wildman–Crippen MR) is 120 cm³/mol. The zero-order valence-electron chi connectivity index (χ0n) is 17.4. The summed E-state index contributed by atoms with van der Waals surface area (Å²) in [5.74, 6) is -0.414. The lowest BCUT2D eigenvalue weighted by atomic mass is 9.89. The van der Waals surface area contributed by atoms with E-state index in [1.807, 2.05) is 0 Å². The van der Waals surface area contributed by atoms with Crippen LogP contribution in [0.5, 0.6) is 5.75 Å². The van der Waals surface area contributed by atoms with Crippen molar-refractivity contribution >= 4 is 39.4 Å². The molecule has 2 atom stereocenters. The number of hydrogen-bond donors (Lipinski definition) is 2. The van der Waals surface area contributed by atoms with Crippen molar-refractivity contribution in [3.05, 3.63) is 61.0 Å². The number of thiophene rings is 1. The Morgan fingerprint density at radius 2 is 2.28 bits per heavy atom. The topological polar surface area (TPSA) is 140 Å². The highest BCUT2D eigenvalue weighted by Crippen LogP contribution is 2.35. The standard InChI is InChI=1S/C21H21N5O5S/c1-11-3-5-14-17(7-11)32-20-18(14)21(29)25(10-22-20)12(2)19(28)24-23-9-13-4-6-16(27)15(8-13)26(30)31/h4,6,8-12,27H,3,5,7H2,1-2H3,(H,24,28)/b23-9+/t11-,12+/m1/s1. The molecule has 2 N–H and O–H groups in total. The normalized spacial score (nSPS) is 16.8. The van der Waals surface area contributed by atoms with Gasteiger partial charge in [0, 0.05) is 16.5 Å². The van der Waals surface area contributed by atoms with Gasteiger partial charge in [0.15, 0.2) is 5.75 Å². The van der Waals surface area contributed by atoms with Crippen LogP contribution < -0.4 is 11.0 Å². The second-order valence-corrected chi connectivity index (χ2v) is 8.99. The third kappa shape index (κ3) is 3.98.